The summed E-state index contributed by atoms with van der Waals surface area (Å²) in [6.07, 6.45) is -5.06. The molecule has 21 heteroatoms. The summed E-state index contributed by atoms with van der Waals surface area (Å²) in [5.41, 5.74) is 18.6. The minimum atomic E-state index is -4.91. The van der Waals surface area contributed by atoms with Gasteiger partial charge in [0.15, 0.2) is 29.5 Å². The summed E-state index contributed by atoms with van der Waals surface area (Å²) >= 11 is 0. The SMILES string of the molecule is NC1=Nc2c(ncn2[C@@H]2O[C@H](CO)C(O)C2OP(=O)(O)OC[C@H]2O[C@@H](n3cnc4c(N)ncnc43)CC2O)C(N)N1. The van der Waals surface area contributed by atoms with Gasteiger partial charge in [-0.25, -0.2) is 24.5 Å². The van der Waals surface area contributed by atoms with Gasteiger partial charge in [0, 0.05) is 6.42 Å². The number of phosphoric ester groups is 1. The van der Waals surface area contributed by atoms with Crippen LogP contribution in [0.5, 0.6) is 0 Å². The molecule has 2 saturated heterocycles. The van der Waals surface area contributed by atoms with Crippen LogP contribution in [0.15, 0.2) is 24.0 Å². The summed E-state index contributed by atoms with van der Waals surface area (Å²) in [5, 5.41) is 33.7. The Morgan fingerprint density at radius 3 is 2.68 bits per heavy atom. The third-order valence-electron chi connectivity index (χ3n) is 6.94. The normalized spacial score (nSPS) is 33.0. The number of aliphatic hydroxyl groups is 3. The largest absolute Gasteiger partial charge is 0.472 e. The molecule has 6 rings (SSSR count). The lowest BCUT2D eigenvalue weighted by Crippen LogP contribution is -2.41. The molecule has 0 bridgehead atoms. The molecule has 20 nitrogen and oxygen atoms in total. The zero-order chi connectivity index (χ0) is 29.1. The molecule has 3 aliphatic rings. The van der Waals surface area contributed by atoms with Crippen LogP contribution in [0.4, 0.5) is 11.6 Å². The fraction of sp³-hybridized carbons (Fsp3) is 0.550. The number of fused-ring (bicyclic) bond motifs is 2. The van der Waals surface area contributed by atoms with Gasteiger partial charge in [0.1, 0.15) is 54.3 Å². The van der Waals surface area contributed by atoms with Gasteiger partial charge in [0.25, 0.3) is 0 Å². The van der Waals surface area contributed by atoms with Gasteiger partial charge in [-0.1, -0.05) is 0 Å². The number of hydrogen-bond acceptors (Lipinski definition) is 17. The molecule has 0 saturated carbocycles. The first-order valence-corrected chi connectivity index (χ1v) is 13.9. The maximum Gasteiger partial charge on any atom is 0.472 e. The van der Waals surface area contributed by atoms with Crippen LogP contribution in [-0.2, 0) is 23.1 Å². The fourth-order valence-electron chi connectivity index (χ4n) is 4.94. The Balaban J connectivity index is 1.15. The second-order valence-electron chi connectivity index (χ2n) is 9.57. The van der Waals surface area contributed by atoms with Crippen LogP contribution in [-0.4, -0.2) is 99.0 Å². The highest BCUT2D eigenvalue weighted by Gasteiger charge is 2.50. The van der Waals surface area contributed by atoms with Crippen LogP contribution in [0.25, 0.3) is 11.2 Å². The number of aliphatic hydroxyl groups excluding tert-OH is 3. The first-order valence-electron chi connectivity index (χ1n) is 12.4. The highest BCUT2D eigenvalue weighted by molar-refractivity contribution is 7.47. The number of nitrogens with two attached hydrogens (primary N) is 3. The van der Waals surface area contributed by atoms with Crippen molar-refractivity contribution in [2.45, 2.75) is 55.6 Å². The molecule has 0 aromatic carbocycles. The van der Waals surface area contributed by atoms with Crippen LogP contribution in [0.2, 0.25) is 0 Å². The minimum absolute atomic E-state index is 0.00864. The molecule has 0 amide bonds. The number of imidazole rings is 2. The second kappa shape index (κ2) is 10.5. The summed E-state index contributed by atoms with van der Waals surface area (Å²) in [6.45, 7) is -1.17. The molecule has 3 aromatic rings. The first kappa shape index (κ1) is 27.8. The summed E-state index contributed by atoms with van der Waals surface area (Å²) in [7, 11) is -4.91. The Kier molecular flexibility index (Phi) is 7.14. The number of hydrogen-bond donors (Lipinski definition) is 8. The Labute approximate surface area is 230 Å². The number of ether oxygens (including phenoxy) is 2. The predicted octanol–water partition coefficient (Wildman–Crippen LogP) is -2.79. The molecule has 41 heavy (non-hydrogen) atoms. The van der Waals surface area contributed by atoms with Crippen molar-refractivity contribution in [2.75, 3.05) is 18.9 Å². The molecule has 2 fully saturated rings. The van der Waals surface area contributed by atoms with Crippen molar-refractivity contribution in [3.05, 3.63) is 24.7 Å². The van der Waals surface area contributed by atoms with Gasteiger partial charge in [-0.3, -0.25) is 18.2 Å². The van der Waals surface area contributed by atoms with Crippen LogP contribution in [0, 0.1) is 0 Å². The fourth-order valence-corrected chi connectivity index (χ4v) is 5.87. The topological polar surface area (TPSA) is 299 Å². The number of anilines is 1. The molecule has 11 N–H and O–H groups in total. The van der Waals surface area contributed by atoms with E-state index in [0.717, 1.165) is 0 Å². The Hall–Kier alpha value is -3.30. The number of aromatic nitrogens is 6. The maximum absolute atomic E-state index is 13.0. The van der Waals surface area contributed by atoms with E-state index in [-0.39, 0.29) is 24.0 Å². The van der Waals surface area contributed by atoms with E-state index in [1.165, 1.54) is 23.5 Å². The van der Waals surface area contributed by atoms with Crippen molar-refractivity contribution in [2.24, 2.45) is 16.5 Å². The van der Waals surface area contributed by atoms with E-state index in [9.17, 15) is 24.8 Å². The third kappa shape index (κ3) is 5.03. The Morgan fingerprint density at radius 1 is 1.12 bits per heavy atom. The lowest BCUT2D eigenvalue weighted by atomic mass is 10.1. The van der Waals surface area contributed by atoms with Crippen LogP contribution < -0.4 is 22.5 Å². The van der Waals surface area contributed by atoms with E-state index >= 15 is 0 Å². The van der Waals surface area contributed by atoms with Gasteiger partial charge in [0.2, 0.25) is 0 Å². The zero-order valence-corrected chi connectivity index (χ0v) is 22.0. The predicted molar refractivity (Wildman–Crippen MR) is 135 cm³/mol. The average molecular weight is 597 g/mol. The first-order chi connectivity index (χ1) is 19.6. The van der Waals surface area contributed by atoms with E-state index < -0.39 is 70.2 Å². The maximum atomic E-state index is 13.0. The highest BCUT2D eigenvalue weighted by atomic mass is 31.2. The number of rotatable bonds is 8. The van der Waals surface area contributed by atoms with Gasteiger partial charge in [-0.15, -0.1) is 0 Å². The molecule has 5 unspecified atom stereocenters. The van der Waals surface area contributed by atoms with Crippen molar-refractivity contribution in [3.8, 4) is 0 Å². The minimum Gasteiger partial charge on any atom is -0.394 e. The van der Waals surface area contributed by atoms with Gasteiger partial charge >= 0.3 is 7.82 Å². The van der Waals surface area contributed by atoms with Crippen molar-refractivity contribution < 1.29 is 43.3 Å². The lowest BCUT2D eigenvalue weighted by Gasteiger charge is -2.26. The average Bonchev–Trinajstić information content (AvgIpc) is 3.69. The number of guanidine groups is 1. The van der Waals surface area contributed by atoms with Crippen molar-refractivity contribution in [1.29, 1.82) is 0 Å². The summed E-state index contributed by atoms with van der Waals surface area (Å²) < 4.78 is 37.9. The van der Waals surface area contributed by atoms with Crippen molar-refractivity contribution >= 4 is 36.6 Å². The Morgan fingerprint density at radius 2 is 1.90 bits per heavy atom. The second-order valence-corrected chi connectivity index (χ2v) is 11.0. The van der Waals surface area contributed by atoms with E-state index in [2.05, 4.69) is 30.2 Å². The van der Waals surface area contributed by atoms with Gasteiger partial charge in [-0.2, -0.15) is 4.99 Å². The summed E-state index contributed by atoms with van der Waals surface area (Å²) in [4.78, 5) is 31.1. The monoisotopic (exact) mass is 597 g/mol. The summed E-state index contributed by atoms with van der Waals surface area (Å²) in [6, 6.07) is 0. The molecular formula is C20H28N11O9P. The quantitative estimate of drug-likeness (QED) is 0.122. The molecule has 0 spiro atoms. The van der Waals surface area contributed by atoms with E-state index in [1.807, 2.05) is 0 Å². The van der Waals surface area contributed by atoms with Crippen LogP contribution in [0.3, 0.4) is 0 Å². The highest BCUT2D eigenvalue weighted by Crippen LogP contribution is 2.50. The smallest absolute Gasteiger partial charge is 0.394 e. The van der Waals surface area contributed by atoms with E-state index in [0.29, 0.717) is 16.9 Å². The molecule has 0 aliphatic carbocycles. The molecule has 6 heterocycles. The molecule has 222 valence electrons. The number of aliphatic imine (C=N–C) groups is 1. The molecule has 3 aromatic heterocycles. The number of phosphoric acid groups is 1. The zero-order valence-electron chi connectivity index (χ0n) is 21.1. The van der Waals surface area contributed by atoms with Gasteiger partial charge in [-0.05, 0) is 0 Å². The van der Waals surface area contributed by atoms with Gasteiger partial charge in [0.05, 0.1) is 32.0 Å². The number of nitrogens with zero attached hydrogens (tertiary/aromatic N) is 7. The van der Waals surface area contributed by atoms with Crippen molar-refractivity contribution in [3.63, 3.8) is 0 Å². The van der Waals surface area contributed by atoms with Crippen LogP contribution in [0.1, 0.15) is 30.7 Å². The van der Waals surface area contributed by atoms with Gasteiger partial charge < -0.3 is 52.2 Å². The number of nitrogen functional groups attached to an aromatic ring is 1. The molecule has 3 aliphatic heterocycles. The standard InChI is InChI=1S/C20H28N11O9P/c21-15-11-17(25-4-24-15)30(5-26-11)10-1-7(33)9(38-10)3-37-41(35,36)40-14-13(34)8(2-32)39-19(14)31-6-27-12-16(22)28-20(23)29-18(12)31/h4-10,13-14,16,19,32-34H,1-3,22H2,(H,35,36)(H2,21,24,25)(H3,23,28,29)/t7?,8-,9-,10-,13?,14?,16?,19-/m1/s1. The number of nitrogens with one attached hydrogen (secondary N) is 1. The Bertz CT molecular complexity index is 1520. The molecule has 0 radical (unpaired) electrons. The van der Waals surface area contributed by atoms with Crippen molar-refractivity contribution in [1.82, 2.24) is 34.4 Å². The molecule has 9 atom stereocenters. The third-order valence-corrected chi connectivity index (χ3v) is 7.93. The van der Waals surface area contributed by atoms with E-state index in [1.54, 1.807) is 4.57 Å². The summed E-state index contributed by atoms with van der Waals surface area (Å²) in [5.74, 6) is 0.335. The lowest BCUT2D eigenvalue weighted by molar-refractivity contribution is -0.0598. The molecular weight excluding hydrogens is 569 g/mol. The van der Waals surface area contributed by atoms with E-state index in [4.69, 9.17) is 35.7 Å². The van der Waals surface area contributed by atoms with Crippen LogP contribution >= 0.6 is 7.82 Å².